The molecule has 0 aliphatic carbocycles. The quantitative estimate of drug-likeness (QED) is 0.210. The molecule has 0 fully saturated rings. The first kappa shape index (κ1) is 17.2. The first-order chi connectivity index (χ1) is 25.5. The van der Waals surface area contributed by atoms with Crippen LogP contribution < -0.4 is 0 Å². The van der Waals surface area contributed by atoms with Gasteiger partial charge in [-0.2, -0.15) is 0 Å². The smallest absolute Gasteiger partial charge is 0.161 e. The van der Waals surface area contributed by atoms with Crippen molar-refractivity contribution in [1.82, 2.24) is 9.97 Å². The Morgan fingerprint density at radius 1 is 0.455 bits per heavy atom. The highest BCUT2D eigenvalue weighted by Gasteiger charge is 2.19. The van der Waals surface area contributed by atoms with E-state index in [0.717, 1.165) is 0 Å². The second kappa shape index (κ2) is 9.79. The molecule has 44 heavy (non-hydrogen) atoms. The maximum atomic E-state index is 9.11. The lowest BCUT2D eigenvalue weighted by molar-refractivity contribution is 0.668. The summed E-state index contributed by atoms with van der Waals surface area (Å²) in [7, 11) is 0. The van der Waals surface area contributed by atoms with E-state index in [2.05, 4.69) is 0 Å². The van der Waals surface area contributed by atoms with E-state index in [1.54, 1.807) is 72.8 Å². The van der Waals surface area contributed by atoms with Gasteiger partial charge in [-0.25, -0.2) is 9.97 Å². The van der Waals surface area contributed by atoms with Crippen LogP contribution >= 0.6 is 0 Å². The van der Waals surface area contributed by atoms with Crippen LogP contribution in [-0.4, -0.2) is 9.97 Å². The van der Waals surface area contributed by atoms with Gasteiger partial charge in [-0.05, 0) is 41.5 Å². The van der Waals surface area contributed by atoms with Gasteiger partial charge in [-0.1, -0.05) is 115 Å². The fraction of sp³-hybridized carbons (Fsp3) is 0. The first-order valence-corrected chi connectivity index (χ1v) is 13.9. The number of para-hydroxylation sites is 2. The third-order valence-electron chi connectivity index (χ3n) is 7.72. The van der Waals surface area contributed by atoms with E-state index in [9.17, 15) is 0 Å². The van der Waals surface area contributed by atoms with Crippen molar-refractivity contribution in [2.24, 2.45) is 0 Å². The van der Waals surface area contributed by atoms with Crippen LogP contribution in [0.3, 0.4) is 0 Å². The lowest BCUT2D eigenvalue weighted by atomic mass is 9.93. The number of hydrogen-bond acceptors (Lipinski definition) is 4. The van der Waals surface area contributed by atoms with Crippen molar-refractivity contribution >= 4 is 43.9 Å². The van der Waals surface area contributed by atoms with Crippen molar-refractivity contribution in [2.75, 3.05) is 0 Å². The van der Waals surface area contributed by atoms with Crippen LogP contribution in [0.2, 0.25) is 0 Å². The van der Waals surface area contributed by atoms with Crippen molar-refractivity contribution < 1.29 is 21.2 Å². The Hall–Kier alpha value is -6.00. The van der Waals surface area contributed by atoms with Crippen molar-refractivity contribution in [1.29, 1.82) is 0 Å². The molecular weight excluding hydrogens is 540 g/mol. The summed E-state index contributed by atoms with van der Waals surface area (Å²) in [6.07, 6.45) is 0. The highest BCUT2D eigenvalue weighted by atomic mass is 16.3. The predicted molar refractivity (Wildman–Crippen MR) is 178 cm³/mol. The van der Waals surface area contributed by atoms with Crippen LogP contribution in [-0.2, 0) is 0 Å². The molecule has 4 heteroatoms. The largest absolute Gasteiger partial charge is 0.456 e. The molecule has 4 nitrogen and oxygen atoms in total. The summed E-state index contributed by atoms with van der Waals surface area (Å²) in [6.45, 7) is 0. The first-order valence-electron chi connectivity index (χ1n) is 18.4. The summed E-state index contributed by atoms with van der Waals surface area (Å²) in [4.78, 5) is 9.82. The SMILES string of the molecule is [2H]c1ccc2oc3ccc([2H])c(-c4nc(-c5ccccc5-c5c([2H])ccc6oc7ccc([2H])cc7c56)cc(-c5c([2H])c([2H])c([2H])c([2H])c5[2H])n4)c3c2c1. The van der Waals surface area contributed by atoms with E-state index in [4.69, 9.17) is 31.1 Å². The second-order valence-electron chi connectivity index (χ2n) is 10.2. The summed E-state index contributed by atoms with van der Waals surface area (Å²) in [5.41, 5.74) is 4.12. The molecule has 9 rings (SSSR count). The molecule has 0 saturated heterocycles. The van der Waals surface area contributed by atoms with Crippen LogP contribution in [0.1, 0.15) is 12.3 Å². The molecule has 0 spiro atoms. The number of benzene rings is 6. The molecule has 0 aliphatic rings. The summed E-state index contributed by atoms with van der Waals surface area (Å²) in [5, 5.41) is 2.37. The highest BCUT2D eigenvalue weighted by Crippen LogP contribution is 2.42. The summed E-state index contributed by atoms with van der Waals surface area (Å²) < 4.78 is 89.7. The van der Waals surface area contributed by atoms with Gasteiger partial charge in [0.1, 0.15) is 22.3 Å². The van der Waals surface area contributed by atoms with E-state index >= 15 is 0 Å². The van der Waals surface area contributed by atoms with E-state index in [-0.39, 0.29) is 46.8 Å². The third kappa shape index (κ3) is 3.85. The van der Waals surface area contributed by atoms with Crippen LogP contribution in [0.5, 0.6) is 0 Å². The normalized spacial score (nSPS) is 14.5. The van der Waals surface area contributed by atoms with Crippen molar-refractivity contribution in [3.05, 3.63) is 145 Å². The van der Waals surface area contributed by atoms with Gasteiger partial charge >= 0.3 is 0 Å². The molecule has 0 saturated carbocycles. The number of fused-ring (bicyclic) bond motifs is 6. The van der Waals surface area contributed by atoms with Crippen molar-refractivity contribution in [3.63, 3.8) is 0 Å². The van der Waals surface area contributed by atoms with Crippen LogP contribution in [0.25, 0.3) is 88.9 Å². The topological polar surface area (TPSA) is 52.1 Å². The molecule has 3 heterocycles. The predicted octanol–water partition coefficient (Wildman–Crippen LogP) is 10.9. The van der Waals surface area contributed by atoms with Crippen molar-refractivity contribution in [3.8, 4) is 45.0 Å². The summed E-state index contributed by atoms with van der Waals surface area (Å²) in [5.74, 6) is 0.0321. The third-order valence-corrected chi connectivity index (χ3v) is 7.72. The number of rotatable bonds is 4. The lowest BCUT2D eigenvalue weighted by Gasteiger charge is -2.14. The zero-order valence-corrected chi connectivity index (χ0v) is 22.9. The Bertz CT molecular complexity index is 3000. The van der Waals surface area contributed by atoms with Gasteiger partial charge in [-0.15, -0.1) is 0 Å². The Morgan fingerprint density at radius 3 is 1.75 bits per heavy atom. The molecule has 0 amide bonds. The minimum atomic E-state index is -0.544. The molecule has 3 aromatic heterocycles. The zero-order chi connectivity index (χ0) is 36.9. The van der Waals surface area contributed by atoms with E-state index in [0.29, 0.717) is 66.3 Å². The lowest BCUT2D eigenvalue weighted by Crippen LogP contribution is -1.97. The van der Waals surface area contributed by atoms with Gasteiger partial charge in [0, 0.05) is 38.2 Å². The van der Waals surface area contributed by atoms with Crippen molar-refractivity contribution in [2.45, 2.75) is 0 Å². The molecule has 0 N–H and O–H groups in total. The average molecular weight is 574 g/mol. The minimum absolute atomic E-state index is 0.0269. The van der Waals surface area contributed by atoms with Gasteiger partial charge in [0.15, 0.2) is 5.82 Å². The standard InChI is InChI=1S/C40H24N2O2/c1-2-12-25(13-3-1)32-24-33(42-40(41-32)31-19-11-23-37-39(31)30-17-7-9-21-35(30)44-37)27-15-5-4-14-26(27)28-18-10-22-36-38(28)29-16-6-8-20-34(29)43-36/h1-24H/i1D,2D,3D,6D,7D,12D,13D,18D,19D. The molecule has 0 radical (unpaired) electrons. The van der Waals surface area contributed by atoms with Gasteiger partial charge in [0.25, 0.3) is 0 Å². The summed E-state index contributed by atoms with van der Waals surface area (Å²) in [6, 6.07) is 23.6. The Kier molecular flexibility index (Phi) is 3.82. The maximum absolute atomic E-state index is 9.11. The van der Waals surface area contributed by atoms with Gasteiger partial charge in [0.05, 0.1) is 23.7 Å². The molecule has 0 bridgehead atoms. The highest BCUT2D eigenvalue weighted by molar-refractivity contribution is 6.14. The number of aromatic nitrogens is 2. The molecule has 0 atom stereocenters. The van der Waals surface area contributed by atoms with Crippen LogP contribution in [0.15, 0.2) is 154 Å². The number of furan rings is 2. The molecule has 9 aromatic rings. The molecule has 6 aromatic carbocycles. The zero-order valence-electron chi connectivity index (χ0n) is 31.9. The second-order valence-corrected chi connectivity index (χ2v) is 10.2. The average Bonchev–Trinajstić information content (AvgIpc) is 3.70. The van der Waals surface area contributed by atoms with Crippen LogP contribution in [0, 0.1) is 0 Å². The molecule has 0 unspecified atom stereocenters. The maximum Gasteiger partial charge on any atom is 0.161 e. The Balaban J connectivity index is 1.40. The molecule has 206 valence electrons. The Morgan fingerprint density at radius 2 is 1.05 bits per heavy atom. The van der Waals surface area contributed by atoms with E-state index in [1.807, 2.05) is 18.2 Å². The Labute approximate surface area is 265 Å². The van der Waals surface area contributed by atoms with E-state index in [1.165, 1.54) is 0 Å². The van der Waals surface area contributed by atoms with Gasteiger partial charge in [0.2, 0.25) is 0 Å². The fourth-order valence-electron chi connectivity index (χ4n) is 5.82. The van der Waals surface area contributed by atoms with Gasteiger partial charge < -0.3 is 8.83 Å². The monoisotopic (exact) mass is 573 g/mol. The molecule has 0 aliphatic heterocycles. The van der Waals surface area contributed by atoms with Gasteiger partial charge in [-0.3, -0.25) is 0 Å². The van der Waals surface area contributed by atoms with E-state index < -0.39 is 30.2 Å². The number of hydrogen-bond donors (Lipinski definition) is 0. The summed E-state index contributed by atoms with van der Waals surface area (Å²) >= 11 is 0. The minimum Gasteiger partial charge on any atom is -0.456 e. The molecular formula is C40H24N2O2. The fourth-order valence-corrected chi connectivity index (χ4v) is 5.82. The number of nitrogens with zero attached hydrogens (tertiary/aromatic N) is 2. The van der Waals surface area contributed by atoms with Crippen LogP contribution in [0.4, 0.5) is 0 Å².